The Balaban J connectivity index is 1.74. The minimum Gasteiger partial charge on any atom is -0.367 e. The molecule has 0 atom stereocenters. The van der Waals surface area contributed by atoms with E-state index in [1.807, 2.05) is 13.1 Å². The fourth-order valence-corrected chi connectivity index (χ4v) is 2.08. The Labute approximate surface area is 103 Å². The van der Waals surface area contributed by atoms with Crippen molar-refractivity contribution in [1.29, 1.82) is 0 Å². The summed E-state index contributed by atoms with van der Waals surface area (Å²) < 4.78 is 7.91. The molecule has 0 saturated heterocycles. The fourth-order valence-electron chi connectivity index (χ4n) is 1.40. The smallest absolute Gasteiger partial charge is 0.186 e. The maximum Gasteiger partial charge on any atom is 0.186 e. The molecule has 0 bridgehead atoms. The lowest BCUT2D eigenvalue weighted by molar-refractivity contribution is 0.855. The summed E-state index contributed by atoms with van der Waals surface area (Å²) in [5.74, 6) is 0.676. The molecule has 7 heteroatoms. The molecule has 0 fully saturated rings. The first-order chi connectivity index (χ1) is 7.77. The second kappa shape index (κ2) is 5.27. The van der Waals surface area contributed by atoms with Crippen LogP contribution < -0.4 is 5.32 Å². The highest BCUT2D eigenvalue weighted by Crippen LogP contribution is 2.17. The molecule has 5 nitrogen and oxygen atoms in total. The molecule has 0 amide bonds. The fraction of sp³-hybridized carbons (Fsp3) is 0.444. The molecular formula is C9H12ClN5S. The summed E-state index contributed by atoms with van der Waals surface area (Å²) in [7, 11) is 0. The summed E-state index contributed by atoms with van der Waals surface area (Å²) in [6.07, 6.45) is 3.87. The van der Waals surface area contributed by atoms with Crippen molar-refractivity contribution < 1.29 is 0 Å². The Hall–Kier alpha value is -1.14. The maximum absolute atomic E-state index is 5.80. The van der Waals surface area contributed by atoms with E-state index in [4.69, 9.17) is 11.6 Å². The molecule has 0 aliphatic carbocycles. The average Bonchev–Trinajstić information content (AvgIpc) is 2.84. The van der Waals surface area contributed by atoms with Gasteiger partial charge in [-0.3, -0.25) is 5.10 Å². The second-order valence-electron chi connectivity index (χ2n) is 3.45. The van der Waals surface area contributed by atoms with Gasteiger partial charge in [-0.1, -0.05) is 11.6 Å². The summed E-state index contributed by atoms with van der Waals surface area (Å²) in [6.45, 7) is 2.85. The van der Waals surface area contributed by atoms with Gasteiger partial charge in [0.05, 0.1) is 17.9 Å². The van der Waals surface area contributed by atoms with Gasteiger partial charge in [-0.25, -0.2) is 0 Å². The number of nitrogens with one attached hydrogen (secondary N) is 2. The van der Waals surface area contributed by atoms with Crippen molar-refractivity contribution in [3.05, 3.63) is 22.6 Å². The predicted octanol–water partition coefficient (Wildman–Crippen LogP) is 2.27. The van der Waals surface area contributed by atoms with Gasteiger partial charge in [0.25, 0.3) is 0 Å². The van der Waals surface area contributed by atoms with Crippen molar-refractivity contribution in [2.45, 2.75) is 19.8 Å². The summed E-state index contributed by atoms with van der Waals surface area (Å²) in [5.41, 5.74) is 2.39. The van der Waals surface area contributed by atoms with Crippen LogP contribution in [0.3, 0.4) is 0 Å². The summed E-state index contributed by atoms with van der Waals surface area (Å²) in [5, 5.41) is 10.5. The molecule has 0 aromatic carbocycles. The van der Waals surface area contributed by atoms with Crippen LogP contribution in [0.25, 0.3) is 0 Å². The Kier molecular flexibility index (Phi) is 3.74. The SMILES string of the molecule is Cc1[nH]ncc1CCCNc1nsnc1Cl. The molecule has 0 unspecified atom stereocenters. The molecule has 0 aliphatic heterocycles. The molecule has 16 heavy (non-hydrogen) atoms. The zero-order chi connectivity index (χ0) is 11.4. The molecule has 0 aliphatic rings. The Morgan fingerprint density at radius 2 is 2.38 bits per heavy atom. The maximum atomic E-state index is 5.80. The highest BCUT2D eigenvalue weighted by molar-refractivity contribution is 6.99. The lowest BCUT2D eigenvalue weighted by Gasteiger charge is -2.02. The van der Waals surface area contributed by atoms with Gasteiger partial charge in [0, 0.05) is 12.2 Å². The van der Waals surface area contributed by atoms with Crippen LogP contribution in [0.2, 0.25) is 5.15 Å². The number of H-pyrrole nitrogens is 1. The molecule has 2 heterocycles. The Morgan fingerprint density at radius 1 is 1.50 bits per heavy atom. The van der Waals surface area contributed by atoms with E-state index in [-0.39, 0.29) is 0 Å². The number of aryl methyl sites for hydroxylation is 2. The lowest BCUT2D eigenvalue weighted by Crippen LogP contribution is -2.03. The number of rotatable bonds is 5. The molecule has 2 aromatic rings. The van der Waals surface area contributed by atoms with Crippen LogP contribution in [-0.4, -0.2) is 25.5 Å². The monoisotopic (exact) mass is 257 g/mol. The third kappa shape index (κ3) is 2.70. The van der Waals surface area contributed by atoms with Crippen molar-refractivity contribution in [3.8, 4) is 0 Å². The van der Waals surface area contributed by atoms with E-state index in [0.29, 0.717) is 11.0 Å². The Morgan fingerprint density at radius 3 is 3.00 bits per heavy atom. The number of nitrogens with zero attached hydrogens (tertiary/aromatic N) is 3. The number of anilines is 1. The highest BCUT2D eigenvalue weighted by atomic mass is 35.5. The van der Waals surface area contributed by atoms with Crippen molar-refractivity contribution >= 4 is 29.1 Å². The van der Waals surface area contributed by atoms with E-state index in [1.54, 1.807) is 0 Å². The van der Waals surface area contributed by atoms with Gasteiger partial charge < -0.3 is 5.32 Å². The van der Waals surface area contributed by atoms with E-state index in [1.165, 1.54) is 5.56 Å². The van der Waals surface area contributed by atoms with E-state index < -0.39 is 0 Å². The molecule has 2 rings (SSSR count). The highest BCUT2D eigenvalue weighted by Gasteiger charge is 2.04. The zero-order valence-electron chi connectivity index (χ0n) is 8.83. The number of hydrogen-bond donors (Lipinski definition) is 2. The van der Waals surface area contributed by atoms with Crippen LogP contribution >= 0.6 is 23.3 Å². The summed E-state index contributed by atoms with van der Waals surface area (Å²) in [4.78, 5) is 0. The molecular weight excluding hydrogens is 246 g/mol. The standard InChI is InChI=1S/C9H12ClN5S/c1-6-7(5-12-13-6)3-2-4-11-9-8(10)14-16-15-9/h5H,2-4H2,1H3,(H,11,15)(H,12,13). The predicted molar refractivity (Wildman–Crippen MR) is 65.1 cm³/mol. The number of hydrogen-bond acceptors (Lipinski definition) is 5. The van der Waals surface area contributed by atoms with Crippen LogP contribution in [0, 0.1) is 6.92 Å². The van der Waals surface area contributed by atoms with Gasteiger partial charge in [-0.15, -0.1) is 0 Å². The topological polar surface area (TPSA) is 66.5 Å². The van der Waals surface area contributed by atoms with E-state index in [9.17, 15) is 0 Å². The quantitative estimate of drug-likeness (QED) is 0.807. The van der Waals surface area contributed by atoms with Crippen LogP contribution in [-0.2, 0) is 6.42 Å². The summed E-state index contributed by atoms with van der Waals surface area (Å²) >= 11 is 6.92. The van der Waals surface area contributed by atoms with Crippen molar-refractivity contribution in [1.82, 2.24) is 18.9 Å². The van der Waals surface area contributed by atoms with E-state index >= 15 is 0 Å². The third-order valence-corrected chi connectivity index (χ3v) is 3.19. The largest absolute Gasteiger partial charge is 0.367 e. The molecule has 0 saturated carbocycles. The van der Waals surface area contributed by atoms with Gasteiger partial charge >= 0.3 is 0 Å². The first-order valence-corrected chi connectivity index (χ1v) is 6.09. The van der Waals surface area contributed by atoms with Gasteiger partial charge in [0.15, 0.2) is 11.0 Å². The minimum absolute atomic E-state index is 0.449. The van der Waals surface area contributed by atoms with Crippen molar-refractivity contribution in [2.75, 3.05) is 11.9 Å². The van der Waals surface area contributed by atoms with Crippen molar-refractivity contribution in [3.63, 3.8) is 0 Å². The van der Waals surface area contributed by atoms with E-state index in [2.05, 4.69) is 24.3 Å². The zero-order valence-corrected chi connectivity index (χ0v) is 10.4. The number of halogens is 1. The minimum atomic E-state index is 0.449. The third-order valence-electron chi connectivity index (χ3n) is 2.30. The molecule has 2 N–H and O–H groups in total. The number of aromatic nitrogens is 4. The molecule has 2 aromatic heterocycles. The van der Waals surface area contributed by atoms with Crippen LogP contribution in [0.1, 0.15) is 17.7 Å². The van der Waals surface area contributed by atoms with Gasteiger partial charge in [-0.2, -0.15) is 13.8 Å². The normalized spacial score (nSPS) is 10.6. The van der Waals surface area contributed by atoms with Gasteiger partial charge in [-0.05, 0) is 25.3 Å². The summed E-state index contributed by atoms with van der Waals surface area (Å²) in [6, 6.07) is 0. The second-order valence-corrected chi connectivity index (χ2v) is 4.34. The number of aromatic amines is 1. The average molecular weight is 258 g/mol. The van der Waals surface area contributed by atoms with Gasteiger partial charge in [0.1, 0.15) is 0 Å². The molecule has 86 valence electrons. The van der Waals surface area contributed by atoms with Gasteiger partial charge in [0.2, 0.25) is 0 Å². The first-order valence-electron chi connectivity index (χ1n) is 4.98. The lowest BCUT2D eigenvalue weighted by atomic mass is 10.1. The molecule has 0 radical (unpaired) electrons. The van der Waals surface area contributed by atoms with Crippen LogP contribution in [0.15, 0.2) is 6.20 Å². The molecule has 0 spiro atoms. The Bertz CT molecular complexity index is 410. The van der Waals surface area contributed by atoms with Crippen LogP contribution in [0.5, 0.6) is 0 Å². The first kappa shape index (κ1) is 11.3. The van der Waals surface area contributed by atoms with E-state index in [0.717, 1.165) is 36.8 Å². The van der Waals surface area contributed by atoms with Crippen molar-refractivity contribution in [2.24, 2.45) is 0 Å². The van der Waals surface area contributed by atoms with Crippen LogP contribution in [0.4, 0.5) is 5.82 Å².